The van der Waals surface area contributed by atoms with E-state index in [1.165, 1.54) is 12.1 Å². The summed E-state index contributed by atoms with van der Waals surface area (Å²) in [4.78, 5) is 10.8. The summed E-state index contributed by atoms with van der Waals surface area (Å²) in [6.45, 7) is 0. The van der Waals surface area contributed by atoms with E-state index in [2.05, 4.69) is 0 Å². The summed E-state index contributed by atoms with van der Waals surface area (Å²) in [5.74, 6) is -0.763. The molecule has 0 aliphatic rings. The van der Waals surface area contributed by atoms with E-state index in [-0.39, 0.29) is 6.42 Å². The molecule has 1 N–H and O–H groups in total. The number of rotatable bonds is 4. The maximum Gasteiger partial charge on any atom is 0.307 e. The van der Waals surface area contributed by atoms with Crippen LogP contribution < -0.4 is 4.74 Å². The van der Waals surface area contributed by atoms with Crippen LogP contribution in [-0.2, 0) is 11.2 Å². The van der Waals surface area contributed by atoms with Crippen LogP contribution in [0.1, 0.15) is 5.56 Å². The summed E-state index contributed by atoms with van der Waals surface area (Å²) >= 11 is 0. The maximum absolute atomic E-state index is 13.2. The second-order valence-electron chi connectivity index (χ2n) is 4.10. The normalized spacial score (nSPS) is 10.2. The largest absolute Gasteiger partial charge is 0.497 e. The Morgan fingerprint density at radius 3 is 2.74 bits per heavy atom. The topological polar surface area (TPSA) is 46.5 Å². The van der Waals surface area contributed by atoms with Crippen molar-refractivity contribution in [3.05, 3.63) is 53.8 Å². The van der Waals surface area contributed by atoms with Gasteiger partial charge in [0, 0.05) is 0 Å². The molecule has 2 aromatic carbocycles. The van der Waals surface area contributed by atoms with Gasteiger partial charge in [0.25, 0.3) is 0 Å². The van der Waals surface area contributed by atoms with E-state index >= 15 is 0 Å². The smallest absolute Gasteiger partial charge is 0.307 e. The van der Waals surface area contributed by atoms with E-state index in [0.29, 0.717) is 16.9 Å². The van der Waals surface area contributed by atoms with Gasteiger partial charge in [-0.1, -0.05) is 18.2 Å². The first-order chi connectivity index (χ1) is 9.10. The second kappa shape index (κ2) is 5.52. The zero-order valence-corrected chi connectivity index (χ0v) is 10.4. The van der Waals surface area contributed by atoms with Crippen LogP contribution in [0, 0.1) is 5.82 Å². The zero-order chi connectivity index (χ0) is 13.8. The van der Waals surface area contributed by atoms with Gasteiger partial charge in [-0.3, -0.25) is 4.79 Å². The van der Waals surface area contributed by atoms with Crippen LogP contribution in [0.15, 0.2) is 42.5 Å². The van der Waals surface area contributed by atoms with Crippen molar-refractivity contribution in [2.75, 3.05) is 7.11 Å². The van der Waals surface area contributed by atoms with Gasteiger partial charge in [0.1, 0.15) is 11.6 Å². The van der Waals surface area contributed by atoms with Crippen LogP contribution in [-0.4, -0.2) is 18.2 Å². The van der Waals surface area contributed by atoms with E-state index in [0.717, 1.165) is 5.56 Å². The molecule has 0 amide bonds. The van der Waals surface area contributed by atoms with Gasteiger partial charge in [-0.25, -0.2) is 4.39 Å². The highest BCUT2D eigenvalue weighted by atomic mass is 19.1. The van der Waals surface area contributed by atoms with Crippen molar-refractivity contribution in [1.29, 1.82) is 0 Å². The van der Waals surface area contributed by atoms with Gasteiger partial charge in [-0.05, 0) is 41.0 Å². The lowest BCUT2D eigenvalue weighted by Gasteiger charge is -2.09. The van der Waals surface area contributed by atoms with E-state index in [1.807, 2.05) is 12.1 Å². The maximum atomic E-state index is 13.2. The predicted molar refractivity (Wildman–Crippen MR) is 69.7 cm³/mol. The van der Waals surface area contributed by atoms with Crippen LogP contribution >= 0.6 is 0 Å². The van der Waals surface area contributed by atoms with Crippen LogP contribution in [0.5, 0.6) is 5.75 Å². The van der Waals surface area contributed by atoms with Gasteiger partial charge >= 0.3 is 5.97 Å². The number of hydrogen-bond acceptors (Lipinski definition) is 2. The first kappa shape index (κ1) is 13.1. The third-order valence-electron chi connectivity index (χ3n) is 2.79. The highest BCUT2D eigenvalue weighted by Crippen LogP contribution is 2.28. The Morgan fingerprint density at radius 2 is 2.05 bits per heavy atom. The third-order valence-corrected chi connectivity index (χ3v) is 2.79. The lowest BCUT2D eigenvalue weighted by Crippen LogP contribution is -2.02. The summed E-state index contributed by atoms with van der Waals surface area (Å²) < 4.78 is 18.4. The lowest BCUT2D eigenvalue weighted by atomic mass is 9.97. The molecule has 19 heavy (non-hydrogen) atoms. The number of benzene rings is 2. The molecule has 3 nitrogen and oxygen atoms in total. The minimum atomic E-state index is -0.991. The average molecular weight is 260 g/mol. The van der Waals surface area contributed by atoms with Gasteiger partial charge in [-0.2, -0.15) is 0 Å². The minimum Gasteiger partial charge on any atom is -0.497 e. The molecular weight excluding hydrogens is 247 g/mol. The molecule has 2 rings (SSSR count). The molecule has 0 bridgehead atoms. The number of carboxylic acid groups (broad SMARTS) is 1. The van der Waals surface area contributed by atoms with Crippen molar-refractivity contribution in [1.82, 2.24) is 0 Å². The van der Waals surface area contributed by atoms with Crippen LogP contribution in [0.3, 0.4) is 0 Å². The quantitative estimate of drug-likeness (QED) is 0.918. The molecule has 0 unspecified atom stereocenters. The van der Waals surface area contributed by atoms with Crippen molar-refractivity contribution >= 4 is 5.97 Å². The molecule has 0 aliphatic heterocycles. The number of ether oxygens (including phenoxy) is 1. The molecule has 0 atom stereocenters. The molecule has 2 aromatic rings. The molecule has 0 saturated carbocycles. The van der Waals surface area contributed by atoms with Crippen molar-refractivity contribution in [3.8, 4) is 16.9 Å². The Morgan fingerprint density at radius 1 is 1.26 bits per heavy atom. The summed E-state index contributed by atoms with van der Waals surface area (Å²) in [6.07, 6.45) is -0.218. The average Bonchev–Trinajstić information content (AvgIpc) is 2.38. The molecule has 98 valence electrons. The van der Waals surface area contributed by atoms with Crippen LogP contribution in [0.2, 0.25) is 0 Å². The van der Waals surface area contributed by atoms with Gasteiger partial charge in [0.2, 0.25) is 0 Å². The molecule has 0 fully saturated rings. The highest BCUT2D eigenvalue weighted by molar-refractivity contribution is 5.77. The van der Waals surface area contributed by atoms with Crippen molar-refractivity contribution in [2.45, 2.75) is 6.42 Å². The highest BCUT2D eigenvalue weighted by Gasteiger charge is 2.10. The Kier molecular flexibility index (Phi) is 3.80. The first-order valence-electron chi connectivity index (χ1n) is 5.75. The molecule has 0 heterocycles. The second-order valence-corrected chi connectivity index (χ2v) is 4.10. The Balaban J connectivity index is 2.50. The number of methoxy groups -OCH3 is 1. The van der Waals surface area contributed by atoms with Crippen molar-refractivity contribution in [2.24, 2.45) is 0 Å². The van der Waals surface area contributed by atoms with Gasteiger partial charge < -0.3 is 9.84 Å². The number of carboxylic acids is 1. The van der Waals surface area contributed by atoms with Crippen LogP contribution in [0.25, 0.3) is 11.1 Å². The monoisotopic (exact) mass is 260 g/mol. The molecule has 0 aromatic heterocycles. The standard InChI is InChI=1S/C15H13FO3/c1-19-13-4-2-3-10(8-13)14-6-5-12(16)7-11(14)9-15(17)18/h2-8H,9H2,1H3,(H,17,18). The molecule has 0 saturated heterocycles. The molecule has 4 heteroatoms. The van der Waals surface area contributed by atoms with Crippen molar-refractivity contribution < 1.29 is 19.0 Å². The first-order valence-corrected chi connectivity index (χ1v) is 5.75. The Labute approximate surface area is 110 Å². The van der Waals surface area contributed by atoms with Crippen molar-refractivity contribution in [3.63, 3.8) is 0 Å². The summed E-state index contributed by atoms with van der Waals surface area (Å²) in [6, 6.07) is 11.4. The minimum absolute atomic E-state index is 0.218. The number of halogens is 1. The fourth-order valence-electron chi connectivity index (χ4n) is 1.94. The summed E-state index contributed by atoms with van der Waals surface area (Å²) in [5.41, 5.74) is 1.94. The SMILES string of the molecule is COc1cccc(-c2ccc(F)cc2CC(=O)O)c1. The molecular formula is C15H13FO3. The number of carbonyl (C=O) groups is 1. The van der Waals surface area contributed by atoms with E-state index < -0.39 is 11.8 Å². The summed E-state index contributed by atoms with van der Waals surface area (Å²) in [7, 11) is 1.56. The molecule has 0 radical (unpaired) electrons. The lowest BCUT2D eigenvalue weighted by molar-refractivity contribution is -0.136. The Bertz CT molecular complexity index is 608. The van der Waals surface area contributed by atoms with Gasteiger partial charge in [0.05, 0.1) is 13.5 Å². The fraction of sp³-hybridized carbons (Fsp3) is 0.133. The number of hydrogen-bond donors (Lipinski definition) is 1. The third kappa shape index (κ3) is 3.10. The van der Waals surface area contributed by atoms with E-state index in [4.69, 9.17) is 9.84 Å². The Hall–Kier alpha value is -2.36. The number of aliphatic carboxylic acids is 1. The van der Waals surface area contributed by atoms with Crippen LogP contribution in [0.4, 0.5) is 4.39 Å². The van der Waals surface area contributed by atoms with Gasteiger partial charge in [0.15, 0.2) is 0 Å². The molecule has 0 spiro atoms. The fourth-order valence-corrected chi connectivity index (χ4v) is 1.94. The zero-order valence-electron chi connectivity index (χ0n) is 10.4. The van der Waals surface area contributed by atoms with E-state index in [1.54, 1.807) is 25.3 Å². The predicted octanol–water partition coefficient (Wildman–Crippen LogP) is 3.13. The van der Waals surface area contributed by atoms with Gasteiger partial charge in [-0.15, -0.1) is 0 Å². The van der Waals surface area contributed by atoms with E-state index in [9.17, 15) is 9.18 Å². The molecule has 0 aliphatic carbocycles. The summed E-state index contributed by atoms with van der Waals surface area (Å²) in [5, 5.41) is 8.88.